The van der Waals surface area contributed by atoms with Crippen molar-refractivity contribution in [3.8, 4) is 0 Å². The summed E-state index contributed by atoms with van der Waals surface area (Å²) >= 11 is 0. The second-order valence-electron chi connectivity index (χ2n) is 1.45. The fourth-order valence-electron chi connectivity index (χ4n) is 0.276. The lowest BCUT2D eigenvalue weighted by atomic mass is 10.3. The zero-order chi connectivity index (χ0) is 6.57. The van der Waals surface area contributed by atoms with Crippen LogP contribution < -0.4 is 5.73 Å². The molecular weight excluding hydrogens is 108 g/mol. The van der Waals surface area contributed by atoms with E-state index in [9.17, 15) is 0 Å². The Hall–Kier alpha value is -0.770. The van der Waals surface area contributed by atoms with E-state index in [0.717, 1.165) is 0 Å². The first-order valence-electron chi connectivity index (χ1n) is 2.37. The molecule has 0 radical (unpaired) electrons. The largest absolute Gasteiger partial charge is 0.409 e. The number of hydrogen-bond donors (Lipinski definition) is 3. The van der Waals surface area contributed by atoms with Gasteiger partial charge in [-0.3, -0.25) is 0 Å². The van der Waals surface area contributed by atoms with E-state index >= 15 is 0 Å². The van der Waals surface area contributed by atoms with Gasteiger partial charge in [-0.05, 0) is 6.42 Å². The first kappa shape index (κ1) is 7.23. The van der Waals surface area contributed by atoms with Crippen LogP contribution in [0.25, 0.3) is 0 Å². The minimum absolute atomic E-state index is 0.132. The maximum atomic E-state index is 8.71. The summed E-state index contributed by atoms with van der Waals surface area (Å²) in [4.78, 5) is 0. The summed E-state index contributed by atoms with van der Waals surface area (Å²) < 4.78 is 0. The van der Waals surface area contributed by atoms with Gasteiger partial charge >= 0.3 is 0 Å². The van der Waals surface area contributed by atoms with Gasteiger partial charge in [-0.2, -0.15) is 0 Å². The zero-order valence-corrected chi connectivity index (χ0v) is 4.70. The Balaban J connectivity index is 3.63. The van der Waals surface area contributed by atoms with Crippen LogP contribution in [0.4, 0.5) is 0 Å². The summed E-state index contributed by atoms with van der Waals surface area (Å²) in [5, 5.41) is 19.3. The van der Waals surface area contributed by atoms with Crippen molar-refractivity contribution >= 4 is 5.84 Å². The average Bonchev–Trinajstić information content (AvgIpc) is 1.84. The van der Waals surface area contributed by atoms with E-state index in [-0.39, 0.29) is 5.84 Å². The molecule has 0 spiro atoms. The molecule has 0 saturated carbocycles. The highest BCUT2D eigenvalue weighted by Crippen LogP contribution is 1.87. The van der Waals surface area contributed by atoms with E-state index in [1.54, 1.807) is 6.92 Å². The zero-order valence-electron chi connectivity index (χ0n) is 4.70. The highest BCUT2D eigenvalue weighted by molar-refractivity contribution is 5.83. The van der Waals surface area contributed by atoms with Crippen molar-refractivity contribution in [1.82, 2.24) is 0 Å². The molecule has 1 unspecified atom stereocenters. The third kappa shape index (κ3) is 1.79. The van der Waals surface area contributed by atoms with Crippen LogP contribution in [-0.2, 0) is 0 Å². The van der Waals surface area contributed by atoms with E-state index in [0.29, 0.717) is 6.42 Å². The second-order valence-corrected chi connectivity index (χ2v) is 1.45. The van der Waals surface area contributed by atoms with Crippen molar-refractivity contribution in [3.05, 3.63) is 0 Å². The van der Waals surface area contributed by atoms with Gasteiger partial charge in [0.2, 0.25) is 0 Å². The van der Waals surface area contributed by atoms with E-state index in [1.807, 2.05) is 0 Å². The molecule has 4 heteroatoms. The summed E-state index contributed by atoms with van der Waals surface area (Å²) in [6, 6.07) is 0. The van der Waals surface area contributed by atoms with E-state index in [2.05, 4.69) is 5.16 Å². The van der Waals surface area contributed by atoms with E-state index in [4.69, 9.17) is 16.0 Å². The van der Waals surface area contributed by atoms with Crippen LogP contribution >= 0.6 is 0 Å². The first-order chi connectivity index (χ1) is 3.72. The number of aliphatic hydroxyl groups excluding tert-OH is 1. The van der Waals surface area contributed by atoms with Crippen LogP contribution in [0.2, 0.25) is 0 Å². The molecule has 0 heterocycles. The lowest BCUT2D eigenvalue weighted by molar-refractivity contribution is 0.224. The Morgan fingerprint density at radius 2 is 2.38 bits per heavy atom. The van der Waals surface area contributed by atoms with Crippen LogP contribution in [0.3, 0.4) is 0 Å². The molecule has 0 aromatic rings. The van der Waals surface area contributed by atoms with Gasteiger partial charge in [-0.1, -0.05) is 12.1 Å². The van der Waals surface area contributed by atoms with Crippen LogP contribution in [-0.4, -0.2) is 22.3 Å². The minimum Gasteiger partial charge on any atom is -0.409 e. The predicted molar refractivity (Wildman–Crippen MR) is 29.7 cm³/mol. The van der Waals surface area contributed by atoms with Crippen LogP contribution in [0.1, 0.15) is 13.3 Å². The van der Waals surface area contributed by atoms with Gasteiger partial charge in [-0.25, -0.2) is 0 Å². The van der Waals surface area contributed by atoms with Gasteiger partial charge in [0.15, 0.2) is 5.84 Å². The third-order valence-corrected chi connectivity index (χ3v) is 0.844. The van der Waals surface area contributed by atoms with Crippen LogP contribution in [0.5, 0.6) is 0 Å². The van der Waals surface area contributed by atoms with Crippen molar-refractivity contribution in [1.29, 1.82) is 0 Å². The lowest BCUT2D eigenvalue weighted by Gasteiger charge is -2.01. The Morgan fingerprint density at radius 1 is 1.88 bits per heavy atom. The molecule has 0 aromatic carbocycles. The molecule has 0 aliphatic rings. The van der Waals surface area contributed by atoms with Crippen molar-refractivity contribution < 1.29 is 10.3 Å². The van der Waals surface area contributed by atoms with Crippen molar-refractivity contribution in [2.24, 2.45) is 10.9 Å². The molecule has 0 amide bonds. The standard InChI is InChI=1S/C4H10N2O2/c1-2-3(7)4(5)6-8/h3,7-8H,2H2,1H3,(H2,5,6). The van der Waals surface area contributed by atoms with Gasteiger partial charge in [0, 0.05) is 0 Å². The molecule has 0 aliphatic carbocycles. The summed E-state index contributed by atoms with van der Waals surface area (Å²) in [5.41, 5.74) is 4.98. The number of oxime groups is 1. The molecule has 0 rings (SSSR count). The molecule has 0 fully saturated rings. The molecule has 48 valence electrons. The molecule has 4 N–H and O–H groups in total. The normalized spacial score (nSPS) is 16.0. The summed E-state index contributed by atoms with van der Waals surface area (Å²) in [6.07, 6.45) is -0.337. The number of nitrogens with two attached hydrogens (primary N) is 1. The van der Waals surface area contributed by atoms with Gasteiger partial charge in [-0.15, -0.1) is 0 Å². The first-order valence-corrected chi connectivity index (χ1v) is 2.37. The Bertz CT molecular complexity index is 92.0. The molecule has 0 aliphatic heterocycles. The van der Waals surface area contributed by atoms with Gasteiger partial charge < -0.3 is 16.0 Å². The highest BCUT2D eigenvalue weighted by Gasteiger charge is 2.03. The van der Waals surface area contributed by atoms with E-state index < -0.39 is 6.10 Å². The smallest absolute Gasteiger partial charge is 0.168 e. The third-order valence-electron chi connectivity index (χ3n) is 0.844. The maximum absolute atomic E-state index is 8.71. The summed E-state index contributed by atoms with van der Waals surface area (Å²) in [7, 11) is 0. The molecule has 4 nitrogen and oxygen atoms in total. The number of aliphatic hydroxyl groups is 1. The Labute approximate surface area is 47.6 Å². The number of rotatable bonds is 2. The highest BCUT2D eigenvalue weighted by atomic mass is 16.4. The molecule has 8 heavy (non-hydrogen) atoms. The maximum Gasteiger partial charge on any atom is 0.168 e. The Morgan fingerprint density at radius 3 is 2.50 bits per heavy atom. The summed E-state index contributed by atoms with van der Waals surface area (Å²) in [6.45, 7) is 1.74. The van der Waals surface area contributed by atoms with Gasteiger partial charge in [0.05, 0.1) is 0 Å². The lowest BCUT2D eigenvalue weighted by Crippen LogP contribution is -2.27. The molecule has 0 saturated heterocycles. The molecule has 0 aromatic heterocycles. The Kier molecular flexibility index (Phi) is 2.95. The number of hydrogen-bond acceptors (Lipinski definition) is 3. The summed E-state index contributed by atoms with van der Waals surface area (Å²) in [5.74, 6) is -0.132. The monoisotopic (exact) mass is 118 g/mol. The molecule has 1 atom stereocenters. The van der Waals surface area contributed by atoms with E-state index in [1.165, 1.54) is 0 Å². The van der Waals surface area contributed by atoms with Gasteiger partial charge in [0.25, 0.3) is 0 Å². The van der Waals surface area contributed by atoms with Crippen molar-refractivity contribution in [2.45, 2.75) is 19.4 Å². The second kappa shape index (κ2) is 3.26. The number of amidine groups is 1. The van der Waals surface area contributed by atoms with Crippen LogP contribution in [0, 0.1) is 0 Å². The number of nitrogens with zero attached hydrogens (tertiary/aromatic N) is 1. The fraction of sp³-hybridized carbons (Fsp3) is 0.750. The van der Waals surface area contributed by atoms with Crippen LogP contribution in [0.15, 0.2) is 5.16 Å². The van der Waals surface area contributed by atoms with Crippen molar-refractivity contribution in [3.63, 3.8) is 0 Å². The average molecular weight is 118 g/mol. The SMILES string of the molecule is CCC(O)/C(N)=N/O. The molecule has 0 bridgehead atoms. The predicted octanol–water partition coefficient (Wildman–Crippen LogP) is -0.496. The fourth-order valence-corrected chi connectivity index (χ4v) is 0.276. The van der Waals surface area contributed by atoms with Crippen molar-refractivity contribution in [2.75, 3.05) is 0 Å². The topological polar surface area (TPSA) is 78.8 Å². The minimum atomic E-state index is -0.806. The van der Waals surface area contributed by atoms with Gasteiger partial charge in [0.1, 0.15) is 6.10 Å². The molecular formula is C4H10N2O2. The quantitative estimate of drug-likeness (QED) is 0.198.